The summed E-state index contributed by atoms with van der Waals surface area (Å²) in [7, 11) is 0. The molecule has 1 aromatic heterocycles. The van der Waals surface area contributed by atoms with E-state index in [0.717, 1.165) is 5.69 Å². The van der Waals surface area contributed by atoms with Gasteiger partial charge in [-0.25, -0.2) is 0 Å². The molecule has 0 aromatic carbocycles. The number of aromatic nitrogens is 1. The first-order valence-corrected chi connectivity index (χ1v) is 4.43. The Balaban J connectivity index is 2.89. The van der Waals surface area contributed by atoms with Gasteiger partial charge >= 0.3 is 0 Å². The van der Waals surface area contributed by atoms with Crippen LogP contribution in [0.1, 0.15) is 32.0 Å². The van der Waals surface area contributed by atoms with E-state index in [1.165, 1.54) is 5.56 Å². The first-order chi connectivity index (χ1) is 6.04. The average Bonchev–Trinajstić information content (AvgIpc) is 2.04. The summed E-state index contributed by atoms with van der Waals surface area (Å²) in [5, 5.41) is 0. The van der Waals surface area contributed by atoms with Crippen LogP contribution < -0.4 is 0 Å². The largest absolute Gasteiger partial charge is 0.260 e. The summed E-state index contributed by atoms with van der Waals surface area (Å²) in [5.74, 6) is 2.58. The molecule has 0 spiro atoms. The minimum absolute atomic E-state index is 0.168. The van der Waals surface area contributed by atoms with Gasteiger partial charge in [0, 0.05) is 6.20 Å². The van der Waals surface area contributed by atoms with Crippen LogP contribution >= 0.6 is 0 Å². The zero-order valence-corrected chi connectivity index (χ0v) is 8.46. The highest BCUT2D eigenvalue weighted by atomic mass is 14.7. The van der Waals surface area contributed by atoms with Crippen LogP contribution in [0.5, 0.6) is 0 Å². The molecule has 0 bridgehead atoms. The van der Waals surface area contributed by atoms with E-state index >= 15 is 0 Å². The number of terminal acetylenes is 1. The molecule has 0 aliphatic carbocycles. The molecule has 0 radical (unpaired) electrons. The predicted molar refractivity (Wildman–Crippen MR) is 55.5 cm³/mol. The lowest BCUT2D eigenvalue weighted by atomic mass is 9.88. The first-order valence-electron chi connectivity index (χ1n) is 4.43. The molecular formula is C12H15N. The van der Waals surface area contributed by atoms with Gasteiger partial charge in [0.25, 0.3) is 0 Å². The topological polar surface area (TPSA) is 12.9 Å². The lowest BCUT2D eigenvalue weighted by molar-refractivity contribution is 0.587. The minimum atomic E-state index is 0.168. The normalized spacial score (nSPS) is 10.9. The second-order valence-corrected chi connectivity index (χ2v) is 4.17. The van der Waals surface area contributed by atoms with Crippen LogP contribution in [0.25, 0.3) is 0 Å². The van der Waals surface area contributed by atoms with Gasteiger partial charge in [0.05, 0.1) is 12.1 Å². The van der Waals surface area contributed by atoms with Crippen molar-refractivity contribution in [3.05, 3.63) is 29.6 Å². The van der Waals surface area contributed by atoms with Crippen LogP contribution in [0, 0.1) is 12.3 Å². The monoisotopic (exact) mass is 173 g/mol. The second-order valence-electron chi connectivity index (χ2n) is 4.17. The Morgan fingerprint density at radius 2 is 2.08 bits per heavy atom. The fourth-order valence-electron chi connectivity index (χ4n) is 1.08. The van der Waals surface area contributed by atoms with Gasteiger partial charge in [-0.15, -0.1) is 12.3 Å². The van der Waals surface area contributed by atoms with Crippen molar-refractivity contribution in [3.8, 4) is 12.3 Å². The van der Waals surface area contributed by atoms with Crippen LogP contribution in [-0.2, 0) is 11.8 Å². The van der Waals surface area contributed by atoms with E-state index in [2.05, 4.69) is 37.7 Å². The Labute approximate surface area is 80.2 Å². The van der Waals surface area contributed by atoms with Gasteiger partial charge in [-0.3, -0.25) is 4.98 Å². The molecular weight excluding hydrogens is 158 g/mol. The van der Waals surface area contributed by atoms with Crippen molar-refractivity contribution in [1.82, 2.24) is 4.98 Å². The van der Waals surface area contributed by atoms with Crippen LogP contribution in [0.4, 0.5) is 0 Å². The third-order valence-corrected chi connectivity index (χ3v) is 1.97. The van der Waals surface area contributed by atoms with Crippen molar-refractivity contribution in [2.24, 2.45) is 0 Å². The maximum Gasteiger partial charge on any atom is 0.0522 e. The average molecular weight is 173 g/mol. The summed E-state index contributed by atoms with van der Waals surface area (Å²) >= 11 is 0. The van der Waals surface area contributed by atoms with Crippen molar-refractivity contribution in [3.63, 3.8) is 0 Å². The maximum atomic E-state index is 5.19. The van der Waals surface area contributed by atoms with Gasteiger partial charge in [-0.2, -0.15) is 0 Å². The highest BCUT2D eigenvalue weighted by molar-refractivity contribution is 5.22. The molecule has 13 heavy (non-hydrogen) atoms. The number of pyridine rings is 1. The number of hydrogen-bond acceptors (Lipinski definition) is 1. The summed E-state index contributed by atoms with van der Waals surface area (Å²) in [6.45, 7) is 6.51. The van der Waals surface area contributed by atoms with E-state index in [1.807, 2.05) is 12.3 Å². The SMILES string of the molecule is C#CCc1ccc(C(C)(C)C)cn1. The molecule has 1 heterocycles. The lowest BCUT2D eigenvalue weighted by Crippen LogP contribution is -2.11. The third kappa shape index (κ3) is 2.59. The van der Waals surface area contributed by atoms with E-state index in [0.29, 0.717) is 6.42 Å². The van der Waals surface area contributed by atoms with E-state index in [1.54, 1.807) is 0 Å². The summed E-state index contributed by atoms with van der Waals surface area (Å²) < 4.78 is 0. The van der Waals surface area contributed by atoms with Crippen molar-refractivity contribution >= 4 is 0 Å². The second kappa shape index (κ2) is 3.62. The molecule has 0 aliphatic heterocycles. The number of nitrogens with zero attached hydrogens (tertiary/aromatic N) is 1. The number of rotatable bonds is 1. The zero-order valence-electron chi connectivity index (χ0n) is 8.46. The molecule has 1 rings (SSSR count). The Kier molecular flexibility index (Phi) is 2.72. The molecule has 0 amide bonds. The van der Waals surface area contributed by atoms with Crippen molar-refractivity contribution in [1.29, 1.82) is 0 Å². The third-order valence-electron chi connectivity index (χ3n) is 1.97. The molecule has 1 aromatic rings. The fraction of sp³-hybridized carbons (Fsp3) is 0.417. The van der Waals surface area contributed by atoms with Gasteiger partial charge in [0.2, 0.25) is 0 Å². The lowest BCUT2D eigenvalue weighted by Gasteiger charge is -2.18. The molecule has 0 aliphatic rings. The molecule has 68 valence electrons. The molecule has 0 N–H and O–H groups in total. The molecule has 0 unspecified atom stereocenters. The van der Waals surface area contributed by atoms with E-state index in [-0.39, 0.29) is 5.41 Å². The van der Waals surface area contributed by atoms with E-state index in [4.69, 9.17) is 6.42 Å². The molecule has 0 atom stereocenters. The van der Waals surface area contributed by atoms with Crippen LogP contribution in [0.15, 0.2) is 18.3 Å². The van der Waals surface area contributed by atoms with E-state index in [9.17, 15) is 0 Å². The fourth-order valence-corrected chi connectivity index (χ4v) is 1.08. The van der Waals surface area contributed by atoms with Crippen LogP contribution in [0.2, 0.25) is 0 Å². The van der Waals surface area contributed by atoms with E-state index < -0.39 is 0 Å². The van der Waals surface area contributed by atoms with Crippen molar-refractivity contribution in [2.45, 2.75) is 32.6 Å². The molecule has 0 saturated heterocycles. The molecule has 1 nitrogen and oxygen atoms in total. The Morgan fingerprint density at radius 1 is 1.38 bits per heavy atom. The molecule has 0 fully saturated rings. The summed E-state index contributed by atoms with van der Waals surface area (Å²) in [5.41, 5.74) is 2.38. The smallest absolute Gasteiger partial charge is 0.0522 e. The van der Waals surface area contributed by atoms with Gasteiger partial charge in [0.15, 0.2) is 0 Å². The Hall–Kier alpha value is -1.29. The minimum Gasteiger partial charge on any atom is -0.260 e. The quantitative estimate of drug-likeness (QED) is 0.595. The van der Waals surface area contributed by atoms with Gasteiger partial charge < -0.3 is 0 Å². The summed E-state index contributed by atoms with van der Waals surface area (Å²) in [6, 6.07) is 4.10. The standard InChI is InChI=1S/C12H15N/c1-5-6-11-8-7-10(9-13-11)12(2,3)4/h1,7-9H,6H2,2-4H3. The summed E-state index contributed by atoms with van der Waals surface area (Å²) in [4.78, 5) is 4.29. The highest BCUT2D eigenvalue weighted by Gasteiger charge is 2.13. The van der Waals surface area contributed by atoms with Crippen LogP contribution in [-0.4, -0.2) is 4.98 Å². The predicted octanol–water partition coefficient (Wildman–Crippen LogP) is 2.55. The van der Waals surface area contributed by atoms with Gasteiger partial charge in [-0.05, 0) is 17.0 Å². The summed E-state index contributed by atoms with van der Waals surface area (Å²) in [6.07, 6.45) is 7.72. The first kappa shape index (κ1) is 9.80. The van der Waals surface area contributed by atoms with Crippen LogP contribution in [0.3, 0.4) is 0 Å². The highest BCUT2D eigenvalue weighted by Crippen LogP contribution is 2.20. The molecule has 0 saturated carbocycles. The van der Waals surface area contributed by atoms with Crippen molar-refractivity contribution < 1.29 is 0 Å². The van der Waals surface area contributed by atoms with Gasteiger partial charge in [0.1, 0.15) is 0 Å². The number of hydrogen-bond donors (Lipinski definition) is 0. The zero-order chi connectivity index (χ0) is 9.90. The van der Waals surface area contributed by atoms with Crippen molar-refractivity contribution in [2.75, 3.05) is 0 Å². The Morgan fingerprint density at radius 3 is 2.46 bits per heavy atom. The molecule has 1 heteroatoms. The maximum absolute atomic E-state index is 5.19. The van der Waals surface area contributed by atoms with Gasteiger partial charge in [-0.1, -0.05) is 26.8 Å². The Bertz CT molecular complexity index is 308.